The lowest BCUT2D eigenvalue weighted by Crippen LogP contribution is -2.51. The second-order valence-corrected chi connectivity index (χ2v) is 15.8. The van der Waals surface area contributed by atoms with Crippen molar-refractivity contribution in [1.29, 1.82) is 0 Å². The van der Waals surface area contributed by atoms with E-state index in [9.17, 15) is 19.2 Å². The zero-order valence-electron chi connectivity index (χ0n) is 34.6. The van der Waals surface area contributed by atoms with Gasteiger partial charge in [0.15, 0.2) is 0 Å². The van der Waals surface area contributed by atoms with Crippen LogP contribution in [-0.2, 0) is 19.1 Å². The summed E-state index contributed by atoms with van der Waals surface area (Å²) in [7, 11) is 2.57. The standard InChI is InChI=1S/C46H49N9O6/c1-27(2)39(52-45(58)60-3)43(56)54-20-8-12-37(54)41-48-25-35(50-41)32-17-15-29-22-31(16-14-30(29)23-32)34-19-18-33(24-47-34)36-26-49-42(51-36)38-13-9-21-55(38)44(57)40(53-46(59)61-4)28-10-6-5-7-11-28/h5-7,10-11,14-19,22-27,37-40H,8-9,12-13,20-21H2,1-4H3,(H,48,50)(H,49,51)(H,52,58)(H,53,59)/t37-,38-,39-,40+/m0/s1. The van der Waals surface area contributed by atoms with E-state index in [1.54, 1.807) is 11.1 Å². The lowest BCUT2D eigenvalue weighted by Gasteiger charge is -2.29. The molecule has 2 fully saturated rings. The third-order valence-corrected chi connectivity index (χ3v) is 11.6. The monoisotopic (exact) mass is 823 g/mol. The highest BCUT2D eigenvalue weighted by Gasteiger charge is 2.39. The summed E-state index contributed by atoms with van der Waals surface area (Å²) >= 11 is 0. The Bertz CT molecular complexity index is 2540. The first-order valence-electron chi connectivity index (χ1n) is 20.6. The minimum atomic E-state index is -0.890. The van der Waals surface area contributed by atoms with E-state index in [2.05, 4.69) is 55.9 Å². The van der Waals surface area contributed by atoms with Gasteiger partial charge in [-0.1, -0.05) is 68.4 Å². The van der Waals surface area contributed by atoms with Crippen LogP contribution in [0.5, 0.6) is 0 Å². The lowest BCUT2D eigenvalue weighted by molar-refractivity contribution is -0.135. The maximum Gasteiger partial charge on any atom is 0.407 e. The first-order valence-corrected chi connectivity index (χ1v) is 20.6. The minimum absolute atomic E-state index is 0.112. The number of H-pyrrole nitrogens is 2. The van der Waals surface area contributed by atoms with Crippen LogP contribution in [0.2, 0.25) is 0 Å². The summed E-state index contributed by atoms with van der Waals surface area (Å²) in [4.78, 5) is 76.5. The Morgan fingerprint density at radius 1 is 0.705 bits per heavy atom. The molecule has 61 heavy (non-hydrogen) atoms. The number of likely N-dealkylation sites (tertiary alicyclic amines) is 2. The minimum Gasteiger partial charge on any atom is -0.453 e. The summed E-state index contributed by atoms with van der Waals surface area (Å²) in [5, 5.41) is 7.51. The zero-order chi connectivity index (χ0) is 42.6. The summed E-state index contributed by atoms with van der Waals surface area (Å²) in [6.07, 6.45) is 7.31. The van der Waals surface area contributed by atoms with Gasteiger partial charge in [-0.2, -0.15) is 0 Å². The van der Waals surface area contributed by atoms with Crippen LogP contribution in [0.25, 0.3) is 44.5 Å². The molecule has 2 aliphatic rings. The summed E-state index contributed by atoms with van der Waals surface area (Å²) in [6, 6.07) is 23.5. The third-order valence-electron chi connectivity index (χ3n) is 11.6. The molecule has 0 unspecified atom stereocenters. The molecule has 0 saturated carbocycles. The molecule has 0 spiro atoms. The molecule has 2 saturated heterocycles. The molecule has 8 rings (SSSR count). The molecule has 2 aliphatic heterocycles. The predicted octanol–water partition coefficient (Wildman–Crippen LogP) is 7.49. The van der Waals surface area contributed by atoms with Crippen molar-refractivity contribution in [3.8, 4) is 33.8 Å². The van der Waals surface area contributed by atoms with Gasteiger partial charge >= 0.3 is 12.2 Å². The van der Waals surface area contributed by atoms with Crippen LogP contribution in [0, 0.1) is 5.92 Å². The van der Waals surface area contributed by atoms with Gasteiger partial charge in [-0.3, -0.25) is 14.6 Å². The Labute approximate surface area is 353 Å². The van der Waals surface area contributed by atoms with Gasteiger partial charge in [0.05, 0.1) is 49.6 Å². The molecular weight excluding hydrogens is 775 g/mol. The van der Waals surface area contributed by atoms with E-state index in [0.717, 1.165) is 76.1 Å². The molecule has 6 aromatic rings. The van der Waals surface area contributed by atoms with Crippen molar-refractivity contribution in [3.63, 3.8) is 0 Å². The van der Waals surface area contributed by atoms with Crippen LogP contribution in [0.3, 0.4) is 0 Å². The van der Waals surface area contributed by atoms with Gasteiger partial charge in [0.25, 0.3) is 5.91 Å². The van der Waals surface area contributed by atoms with E-state index < -0.39 is 24.3 Å². The number of imidazole rings is 2. The summed E-state index contributed by atoms with van der Waals surface area (Å²) in [5.74, 6) is 0.914. The van der Waals surface area contributed by atoms with Gasteiger partial charge in [0.2, 0.25) is 5.91 Å². The Balaban J connectivity index is 0.942. The van der Waals surface area contributed by atoms with Gasteiger partial charge < -0.3 is 39.9 Å². The Morgan fingerprint density at radius 2 is 1.33 bits per heavy atom. The maximum atomic E-state index is 13.9. The van der Waals surface area contributed by atoms with Crippen molar-refractivity contribution in [2.75, 3.05) is 27.3 Å². The summed E-state index contributed by atoms with van der Waals surface area (Å²) in [5.41, 5.74) is 5.85. The normalized spacial score (nSPS) is 17.3. The Morgan fingerprint density at radius 3 is 1.97 bits per heavy atom. The second-order valence-electron chi connectivity index (χ2n) is 15.8. The van der Waals surface area contributed by atoms with Crippen molar-refractivity contribution in [3.05, 3.63) is 115 Å². The smallest absolute Gasteiger partial charge is 0.407 e. The van der Waals surface area contributed by atoms with Gasteiger partial charge in [0.1, 0.15) is 23.7 Å². The van der Waals surface area contributed by atoms with Crippen molar-refractivity contribution in [1.82, 2.24) is 45.4 Å². The number of fused-ring (bicyclic) bond motifs is 1. The van der Waals surface area contributed by atoms with Crippen LogP contribution in [0.1, 0.15) is 74.9 Å². The number of rotatable bonds is 11. The van der Waals surface area contributed by atoms with Crippen molar-refractivity contribution < 1.29 is 28.7 Å². The first kappa shape index (κ1) is 40.7. The molecule has 3 aromatic heterocycles. The van der Waals surface area contributed by atoms with Crippen LogP contribution >= 0.6 is 0 Å². The largest absolute Gasteiger partial charge is 0.453 e. The van der Waals surface area contributed by atoms with E-state index in [-0.39, 0.29) is 29.8 Å². The number of nitrogens with zero attached hydrogens (tertiary/aromatic N) is 5. The van der Waals surface area contributed by atoms with E-state index >= 15 is 0 Å². The molecule has 0 radical (unpaired) electrons. The highest BCUT2D eigenvalue weighted by molar-refractivity contribution is 5.91. The molecule has 15 heteroatoms. The molecule has 0 bridgehead atoms. The van der Waals surface area contributed by atoms with Crippen LogP contribution in [-0.4, -0.2) is 92.1 Å². The van der Waals surface area contributed by atoms with Gasteiger partial charge in [-0.25, -0.2) is 19.6 Å². The van der Waals surface area contributed by atoms with Gasteiger partial charge in [0, 0.05) is 42.2 Å². The van der Waals surface area contributed by atoms with E-state index in [1.807, 2.05) is 79.7 Å². The number of carbonyl (C=O) groups excluding carboxylic acids is 4. The number of aromatic amines is 2. The molecular formula is C46H49N9O6. The second kappa shape index (κ2) is 17.7. The number of pyridine rings is 1. The fourth-order valence-electron chi connectivity index (χ4n) is 8.38. The van der Waals surface area contributed by atoms with Crippen LogP contribution in [0.4, 0.5) is 9.59 Å². The molecule has 4 atom stereocenters. The zero-order valence-corrected chi connectivity index (χ0v) is 34.6. The predicted molar refractivity (Wildman–Crippen MR) is 229 cm³/mol. The van der Waals surface area contributed by atoms with E-state index in [4.69, 9.17) is 19.4 Å². The number of aromatic nitrogens is 5. The molecule has 5 heterocycles. The molecule has 4 N–H and O–H groups in total. The molecule has 3 aromatic carbocycles. The third kappa shape index (κ3) is 8.54. The van der Waals surface area contributed by atoms with E-state index in [0.29, 0.717) is 24.5 Å². The van der Waals surface area contributed by atoms with E-state index in [1.165, 1.54) is 14.2 Å². The maximum absolute atomic E-state index is 13.9. The fourth-order valence-corrected chi connectivity index (χ4v) is 8.38. The van der Waals surface area contributed by atoms with Gasteiger partial charge in [-0.05, 0) is 72.2 Å². The highest BCUT2D eigenvalue weighted by atomic mass is 16.5. The molecule has 4 amide bonds. The Hall–Kier alpha value is -7.03. The molecule has 15 nitrogen and oxygen atoms in total. The Kier molecular flexibility index (Phi) is 11.8. The SMILES string of the molecule is COC(=O)N[C@H](C(=O)N1CCC[C@H]1c1nc(-c2ccc3cc(-c4ccc(-c5cnc([C@@H]6CCCN6C(=O)[C@H](NC(=O)OC)c6ccccc6)[nH]5)cn4)ccc3c2)c[nH]1)C(C)C. The van der Waals surface area contributed by atoms with Crippen molar-refractivity contribution in [2.45, 2.75) is 63.7 Å². The number of methoxy groups -OCH3 is 2. The average molecular weight is 824 g/mol. The van der Waals surface area contributed by atoms with Gasteiger partial charge in [-0.15, -0.1) is 0 Å². The number of hydrogen-bond acceptors (Lipinski definition) is 9. The summed E-state index contributed by atoms with van der Waals surface area (Å²) < 4.78 is 9.59. The lowest BCUT2D eigenvalue weighted by atomic mass is 10.0. The number of ether oxygens (including phenoxy) is 2. The number of benzene rings is 3. The first-order chi connectivity index (χ1) is 29.6. The van der Waals surface area contributed by atoms with Crippen molar-refractivity contribution in [2.24, 2.45) is 5.92 Å². The number of hydrogen-bond donors (Lipinski definition) is 4. The topological polar surface area (TPSA) is 188 Å². The number of nitrogens with one attached hydrogen (secondary N) is 4. The molecule has 0 aliphatic carbocycles. The van der Waals surface area contributed by atoms with Crippen LogP contribution < -0.4 is 10.6 Å². The fraction of sp³-hybridized carbons (Fsp3) is 0.326. The number of amides is 4. The molecule has 314 valence electrons. The quantitative estimate of drug-likeness (QED) is 0.103. The van der Waals surface area contributed by atoms with Crippen molar-refractivity contribution >= 4 is 34.8 Å². The highest BCUT2D eigenvalue weighted by Crippen LogP contribution is 2.36. The number of alkyl carbamates (subject to hydrolysis) is 2. The average Bonchev–Trinajstić information content (AvgIpc) is 4.14. The van der Waals surface area contributed by atoms with Crippen LogP contribution in [0.15, 0.2) is 97.5 Å². The number of carbonyl (C=O) groups is 4. The summed E-state index contributed by atoms with van der Waals surface area (Å²) in [6.45, 7) is 4.93.